The van der Waals surface area contributed by atoms with Crippen LogP contribution < -0.4 is 10.6 Å². The molecule has 3 heterocycles. The van der Waals surface area contributed by atoms with Gasteiger partial charge in [-0.25, -0.2) is 4.98 Å². The van der Waals surface area contributed by atoms with Crippen LogP contribution in [-0.2, 0) is 13.0 Å². The van der Waals surface area contributed by atoms with Crippen molar-refractivity contribution in [2.45, 2.75) is 31.8 Å². The lowest BCUT2D eigenvalue weighted by Gasteiger charge is -2.22. The van der Waals surface area contributed by atoms with E-state index in [9.17, 15) is 0 Å². The van der Waals surface area contributed by atoms with Crippen LogP contribution in [0.3, 0.4) is 0 Å². The minimum atomic E-state index is 0.266. The zero-order chi connectivity index (χ0) is 14.7. The Labute approximate surface area is 148 Å². The van der Waals surface area contributed by atoms with E-state index in [4.69, 9.17) is 10.7 Å². The maximum absolute atomic E-state index is 6.07. The average molecular weight is 479 g/mol. The summed E-state index contributed by atoms with van der Waals surface area (Å²) in [6.45, 7) is 2.93. The molecule has 0 saturated carbocycles. The van der Waals surface area contributed by atoms with Crippen molar-refractivity contribution in [1.29, 1.82) is 0 Å². The van der Waals surface area contributed by atoms with Gasteiger partial charge < -0.3 is 15.2 Å². The number of hydrogen-bond donors (Lipinski definition) is 1. The van der Waals surface area contributed by atoms with Crippen LogP contribution in [-0.4, -0.2) is 28.7 Å². The third-order valence-electron chi connectivity index (χ3n) is 4.41. The highest BCUT2D eigenvalue weighted by Gasteiger charge is 2.29. The van der Waals surface area contributed by atoms with E-state index in [1.165, 1.54) is 11.1 Å². The van der Waals surface area contributed by atoms with Gasteiger partial charge in [0.05, 0.1) is 9.99 Å². The zero-order valence-electron chi connectivity index (χ0n) is 11.4. The molecule has 2 aliphatic rings. The van der Waals surface area contributed by atoms with E-state index in [-0.39, 0.29) is 6.04 Å². The van der Waals surface area contributed by atoms with Gasteiger partial charge in [-0.2, -0.15) is 0 Å². The fourth-order valence-electron chi connectivity index (χ4n) is 3.40. The van der Waals surface area contributed by atoms with Crippen molar-refractivity contribution in [2.24, 2.45) is 5.73 Å². The lowest BCUT2D eigenvalue weighted by Crippen LogP contribution is -2.28. The number of aryl methyl sites for hydroxylation is 2. The smallest absolute Gasteiger partial charge is 0.206 e. The first-order valence-electron chi connectivity index (χ1n) is 7.14. The summed E-state index contributed by atoms with van der Waals surface area (Å²) in [4.78, 5) is 7.27. The number of rotatable bonds is 1. The fraction of sp³-hybridized carbons (Fsp3) is 0.500. The van der Waals surface area contributed by atoms with Crippen LogP contribution >= 0.6 is 47.8 Å². The van der Waals surface area contributed by atoms with Crippen molar-refractivity contribution in [3.05, 3.63) is 19.0 Å². The Hall–Kier alpha value is -0.110. The lowest BCUT2D eigenvalue weighted by atomic mass is 10.0. The molecule has 0 amide bonds. The molecule has 4 rings (SSSR count). The third-order valence-corrected chi connectivity index (χ3v) is 7.91. The van der Waals surface area contributed by atoms with Crippen molar-refractivity contribution < 1.29 is 0 Å². The summed E-state index contributed by atoms with van der Waals surface area (Å²) in [5.74, 6) is 1.07. The second-order valence-electron chi connectivity index (χ2n) is 5.78. The molecular formula is C14H15Br3N4. The number of hydrogen-bond acceptors (Lipinski definition) is 3. The van der Waals surface area contributed by atoms with Gasteiger partial charge in [-0.1, -0.05) is 0 Å². The summed E-state index contributed by atoms with van der Waals surface area (Å²) in [6.07, 6.45) is 3.29. The Bertz CT molecular complexity index is 740. The quantitative estimate of drug-likeness (QED) is 0.634. The first kappa shape index (κ1) is 14.5. The summed E-state index contributed by atoms with van der Waals surface area (Å²) < 4.78 is 5.60. The van der Waals surface area contributed by atoms with Crippen molar-refractivity contribution in [2.75, 3.05) is 18.0 Å². The maximum Gasteiger partial charge on any atom is 0.206 e. The van der Waals surface area contributed by atoms with Crippen LogP contribution in [0.5, 0.6) is 0 Å². The van der Waals surface area contributed by atoms with Gasteiger partial charge in [-0.15, -0.1) is 0 Å². The molecule has 4 nitrogen and oxygen atoms in total. The van der Waals surface area contributed by atoms with Crippen LogP contribution in [0, 0.1) is 0 Å². The molecular weight excluding hydrogens is 464 g/mol. The Morgan fingerprint density at radius 1 is 1.10 bits per heavy atom. The average Bonchev–Trinajstić information content (AvgIpc) is 3.07. The summed E-state index contributed by atoms with van der Waals surface area (Å²) in [7, 11) is 0. The molecule has 2 aliphatic heterocycles. The summed E-state index contributed by atoms with van der Waals surface area (Å²) in [5.41, 5.74) is 9.74. The van der Waals surface area contributed by atoms with E-state index < -0.39 is 0 Å². The van der Waals surface area contributed by atoms with Gasteiger partial charge in [0.1, 0.15) is 5.52 Å². The summed E-state index contributed by atoms with van der Waals surface area (Å²) in [5, 5.41) is 0. The first-order valence-corrected chi connectivity index (χ1v) is 9.52. The van der Waals surface area contributed by atoms with Gasteiger partial charge in [0.25, 0.3) is 0 Å². The molecule has 2 aromatic rings. The highest BCUT2D eigenvalue weighted by Crippen LogP contribution is 2.44. The Kier molecular flexibility index (Phi) is 3.60. The van der Waals surface area contributed by atoms with Crippen LogP contribution in [0.25, 0.3) is 11.0 Å². The number of imidazole rings is 1. The number of benzene rings is 1. The normalized spacial score (nSPS) is 21.5. The summed E-state index contributed by atoms with van der Waals surface area (Å²) in [6, 6.07) is 0.266. The fourth-order valence-corrected chi connectivity index (χ4v) is 5.15. The molecule has 1 fully saturated rings. The second-order valence-corrected chi connectivity index (χ2v) is 8.16. The molecule has 1 saturated heterocycles. The Morgan fingerprint density at radius 2 is 1.90 bits per heavy atom. The van der Waals surface area contributed by atoms with Gasteiger partial charge in [-0.05, 0) is 72.6 Å². The van der Waals surface area contributed by atoms with E-state index >= 15 is 0 Å². The number of nitrogens with two attached hydrogens (primary N) is 1. The van der Waals surface area contributed by atoms with E-state index in [0.717, 1.165) is 63.8 Å². The van der Waals surface area contributed by atoms with Gasteiger partial charge >= 0.3 is 0 Å². The minimum absolute atomic E-state index is 0.266. The van der Waals surface area contributed by atoms with E-state index in [2.05, 4.69) is 57.3 Å². The number of anilines is 1. The predicted molar refractivity (Wildman–Crippen MR) is 96.0 cm³/mol. The Morgan fingerprint density at radius 3 is 2.62 bits per heavy atom. The van der Waals surface area contributed by atoms with E-state index in [1.807, 2.05) is 0 Å². The van der Waals surface area contributed by atoms with Crippen molar-refractivity contribution >= 4 is 64.8 Å². The zero-order valence-corrected chi connectivity index (χ0v) is 16.1. The molecule has 0 unspecified atom stereocenters. The molecule has 0 spiro atoms. The second kappa shape index (κ2) is 5.22. The van der Waals surface area contributed by atoms with Gasteiger partial charge in [0, 0.05) is 34.6 Å². The van der Waals surface area contributed by atoms with Crippen molar-refractivity contribution in [3.63, 3.8) is 0 Å². The molecule has 0 bridgehead atoms. The molecule has 7 heteroatoms. The molecule has 0 aliphatic carbocycles. The number of halogens is 3. The highest BCUT2D eigenvalue weighted by atomic mass is 79.9. The topological polar surface area (TPSA) is 47.1 Å². The van der Waals surface area contributed by atoms with E-state index in [1.54, 1.807) is 0 Å². The molecule has 2 N–H and O–H groups in total. The molecule has 1 aromatic carbocycles. The van der Waals surface area contributed by atoms with Crippen LogP contribution in [0.15, 0.2) is 13.4 Å². The van der Waals surface area contributed by atoms with Crippen LogP contribution in [0.1, 0.15) is 18.4 Å². The van der Waals surface area contributed by atoms with Gasteiger partial charge in [0.15, 0.2) is 0 Å². The largest absolute Gasteiger partial charge is 0.341 e. The molecule has 1 aromatic heterocycles. The minimum Gasteiger partial charge on any atom is -0.341 e. The monoisotopic (exact) mass is 476 g/mol. The van der Waals surface area contributed by atoms with Crippen LogP contribution in [0.2, 0.25) is 0 Å². The van der Waals surface area contributed by atoms with Gasteiger partial charge in [-0.3, -0.25) is 0 Å². The first-order chi connectivity index (χ1) is 10.1. The maximum atomic E-state index is 6.07. The molecule has 0 radical (unpaired) electrons. The van der Waals surface area contributed by atoms with Crippen molar-refractivity contribution in [1.82, 2.24) is 9.55 Å². The Balaban J connectivity index is 1.99. The SMILES string of the molecule is N[C@H]1CCN(c2nc3c(Br)c(Br)c(Br)c4c3n2CCC4)C1. The predicted octanol–water partition coefficient (Wildman–Crippen LogP) is 3.81. The molecule has 1 atom stereocenters. The van der Waals surface area contributed by atoms with Crippen molar-refractivity contribution in [3.8, 4) is 0 Å². The van der Waals surface area contributed by atoms with Crippen LogP contribution in [0.4, 0.5) is 5.95 Å². The summed E-state index contributed by atoms with van der Waals surface area (Å²) >= 11 is 11.1. The molecule has 21 heavy (non-hydrogen) atoms. The third kappa shape index (κ3) is 2.11. The van der Waals surface area contributed by atoms with E-state index in [0.29, 0.717) is 0 Å². The lowest BCUT2D eigenvalue weighted by molar-refractivity contribution is 0.622. The standard InChI is InChI=1S/C14H15Br3N4/c15-9-8-2-1-4-21-13(8)12(11(17)10(9)16)19-14(21)20-5-3-7(18)6-20/h7H,1-6,18H2/t7-/m0/s1. The van der Waals surface area contributed by atoms with Gasteiger partial charge in [0.2, 0.25) is 5.95 Å². The molecule has 112 valence electrons. The number of aromatic nitrogens is 2. The number of nitrogens with zero attached hydrogens (tertiary/aromatic N) is 3. The highest BCUT2D eigenvalue weighted by molar-refractivity contribution is 9.14.